The molecule has 0 aliphatic rings. The van der Waals surface area contributed by atoms with Gasteiger partial charge in [-0.1, -0.05) is 35.9 Å². The van der Waals surface area contributed by atoms with Crippen LogP contribution in [0.2, 0.25) is 0 Å². The Bertz CT molecular complexity index is 843. The summed E-state index contributed by atoms with van der Waals surface area (Å²) in [6, 6.07) is 12.9. The first-order valence-electron chi connectivity index (χ1n) is 8.17. The normalized spacial score (nSPS) is 11.3. The molecule has 2 aromatic rings. The van der Waals surface area contributed by atoms with E-state index in [1.807, 2.05) is 45.0 Å². The van der Waals surface area contributed by atoms with Gasteiger partial charge in [0.2, 0.25) is 15.9 Å². The molecule has 0 aliphatic carbocycles. The molecule has 5 nitrogen and oxygen atoms in total. The van der Waals surface area contributed by atoms with Crippen LogP contribution in [0.3, 0.4) is 0 Å². The Kier molecular flexibility index (Phi) is 6.33. The van der Waals surface area contributed by atoms with Crippen molar-refractivity contribution in [3.63, 3.8) is 0 Å². The predicted octanol–water partition coefficient (Wildman–Crippen LogP) is 2.60. The van der Waals surface area contributed by atoms with E-state index < -0.39 is 10.0 Å². The highest BCUT2D eigenvalue weighted by Crippen LogP contribution is 2.14. The van der Waals surface area contributed by atoms with Gasteiger partial charge >= 0.3 is 0 Å². The maximum atomic E-state index is 12.2. The lowest BCUT2D eigenvalue weighted by Crippen LogP contribution is -2.30. The van der Waals surface area contributed by atoms with E-state index in [2.05, 4.69) is 10.0 Å². The predicted molar refractivity (Wildman–Crippen MR) is 98.7 cm³/mol. The van der Waals surface area contributed by atoms with Gasteiger partial charge in [-0.2, -0.15) is 0 Å². The Morgan fingerprint density at radius 3 is 2.28 bits per heavy atom. The largest absolute Gasteiger partial charge is 0.352 e. The molecule has 0 saturated carbocycles. The fourth-order valence-corrected chi connectivity index (χ4v) is 3.37. The second-order valence-electron chi connectivity index (χ2n) is 6.16. The molecule has 2 N–H and O–H groups in total. The number of nitrogens with one attached hydrogen (secondary N) is 2. The van der Waals surface area contributed by atoms with Gasteiger partial charge in [-0.3, -0.25) is 4.79 Å². The quantitative estimate of drug-likeness (QED) is 0.797. The van der Waals surface area contributed by atoms with Gasteiger partial charge in [-0.25, -0.2) is 13.1 Å². The zero-order valence-electron chi connectivity index (χ0n) is 14.8. The zero-order valence-corrected chi connectivity index (χ0v) is 15.6. The molecular formula is C19H24N2O3S. The first-order valence-corrected chi connectivity index (χ1v) is 9.65. The molecule has 2 aromatic carbocycles. The maximum Gasteiger partial charge on any atom is 0.240 e. The van der Waals surface area contributed by atoms with Crippen molar-refractivity contribution in [1.82, 2.24) is 10.0 Å². The number of hydrogen-bond acceptors (Lipinski definition) is 3. The van der Waals surface area contributed by atoms with Crippen LogP contribution in [-0.4, -0.2) is 20.9 Å². The third-order valence-corrected chi connectivity index (χ3v) is 5.50. The fourth-order valence-electron chi connectivity index (χ4n) is 2.26. The maximum absolute atomic E-state index is 12.2. The molecule has 0 fully saturated rings. The molecule has 134 valence electrons. The van der Waals surface area contributed by atoms with E-state index in [1.165, 1.54) is 0 Å². The van der Waals surface area contributed by atoms with Crippen LogP contribution in [0.15, 0.2) is 47.4 Å². The number of carbonyl (C=O) groups excluding carboxylic acids is 1. The Hall–Kier alpha value is -2.18. The lowest BCUT2D eigenvalue weighted by molar-refractivity contribution is -0.121. The number of sulfonamides is 1. The van der Waals surface area contributed by atoms with Gasteiger partial charge < -0.3 is 5.32 Å². The number of amides is 1. The molecule has 0 aromatic heterocycles. The molecule has 1 amide bonds. The first-order chi connectivity index (χ1) is 11.8. The van der Waals surface area contributed by atoms with Crippen LogP contribution in [0.5, 0.6) is 0 Å². The van der Waals surface area contributed by atoms with Crippen LogP contribution in [0.4, 0.5) is 0 Å². The van der Waals surface area contributed by atoms with Crippen molar-refractivity contribution in [2.45, 2.75) is 38.6 Å². The number of benzene rings is 2. The third-order valence-electron chi connectivity index (χ3n) is 4.04. The molecule has 0 heterocycles. The lowest BCUT2D eigenvalue weighted by Gasteiger charge is -2.09. The Balaban J connectivity index is 1.81. The summed E-state index contributed by atoms with van der Waals surface area (Å²) in [7, 11) is -3.60. The number of carbonyl (C=O) groups is 1. The van der Waals surface area contributed by atoms with E-state index in [4.69, 9.17) is 0 Å². The topological polar surface area (TPSA) is 75.3 Å². The molecule has 0 unspecified atom stereocenters. The van der Waals surface area contributed by atoms with E-state index in [1.54, 1.807) is 18.2 Å². The number of hydrogen-bond donors (Lipinski definition) is 2. The minimum absolute atomic E-state index is 0.0645. The van der Waals surface area contributed by atoms with E-state index >= 15 is 0 Å². The van der Waals surface area contributed by atoms with Gasteiger partial charge in [-0.15, -0.1) is 0 Å². The third kappa shape index (κ3) is 5.69. The highest BCUT2D eigenvalue weighted by Gasteiger charge is 2.14. The molecule has 0 radical (unpaired) electrons. The lowest BCUT2D eigenvalue weighted by atomic mass is 10.1. The molecule has 0 atom stereocenters. The average Bonchev–Trinajstić information content (AvgIpc) is 2.56. The van der Waals surface area contributed by atoms with Crippen LogP contribution in [0.1, 0.15) is 28.7 Å². The van der Waals surface area contributed by atoms with E-state index in [0.717, 1.165) is 22.3 Å². The summed E-state index contributed by atoms with van der Waals surface area (Å²) in [5.74, 6) is -0.191. The van der Waals surface area contributed by atoms with E-state index in [0.29, 0.717) is 6.54 Å². The van der Waals surface area contributed by atoms with Crippen molar-refractivity contribution in [2.75, 3.05) is 6.54 Å². The number of rotatable bonds is 7. The smallest absolute Gasteiger partial charge is 0.240 e. The minimum atomic E-state index is -3.60. The number of aryl methyl sites for hydroxylation is 3. The first kappa shape index (κ1) is 19.1. The Labute approximate surface area is 149 Å². The Morgan fingerprint density at radius 2 is 1.64 bits per heavy atom. The highest BCUT2D eigenvalue weighted by molar-refractivity contribution is 7.89. The van der Waals surface area contributed by atoms with Crippen LogP contribution >= 0.6 is 0 Å². The summed E-state index contributed by atoms with van der Waals surface area (Å²) in [6.45, 7) is 6.30. The molecule has 0 bridgehead atoms. The standard InChI is InChI=1S/C19H24N2O3S/c1-14-4-7-17(8-5-14)13-20-19(22)10-11-21-25(23,24)18-9-6-15(2)16(3)12-18/h4-9,12,21H,10-11,13H2,1-3H3,(H,20,22). The van der Waals surface area contributed by atoms with Crippen LogP contribution < -0.4 is 10.0 Å². The summed E-state index contributed by atoms with van der Waals surface area (Å²) in [5.41, 5.74) is 4.12. The van der Waals surface area contributed by atoms with Gasteiger partial charge in [0.25, 0.3) is 0 Å². The average molecular weight is 360 g/mol. The van der Waals surface area contributed by atoms with Crippen molar-refractivity contribution in [3.8, 4) is 0 Å². The van der Waals surface area contributed by atoms with Crippen molar-refractivity contribution in [1.29, 1.82) is 0 Å². The summed E-state index contributed by atoms with van der Waals surface area (Å²) in [5, 5.41) is 2.79. The molecular weight excluding hydrogens is 336 g/mol. The molecule has 2 rings (SSSR count). The van der Waals surface area contributed by atoms with E-state index in [9.17, 15) is 13.2 Å². The van der Waals surface area contributed by atoms with Gasteiger partial charge in [-0.05, 0) is 49.6 Å². The zero-order chi connectivity index (χ0) is 18.4. The summed E-state index contributed by atoms with van der Waals surface area (Å²) in [6.07, 6.45) is 0.0932. The van der Waals surface area contributed by atoms with Crippen molar-refractivity contribution < 1.29 is 13.2 Å². The fraction of sp³-hybridized carbons (Fsp3) is 0.316. The summed E-state index contributed by atoms with van der Waals surface area (Å²) >= 11 is 0. The van der Waals surface area contributed by atoms with Gasteiger partial charge in [0.15, 0.2) is 0 Å². The Morgan fingerprint density at radius 1 is 0.960 bits per heavy atom. The molecule has 0 aliphatic heterocycles. The molecule has 0 saturated heterocycles. The van der Waals surface area contributed by atoms with Crippen LogP contribution in [0, 0.1) is 20.8 Å². The SMILES string of the molecule is Cc1ccc(CNC(=O)CCNS(=O)(=O)c2ccc(C)c(C)c2)cc1. The van der Waals surface area contributed by atoms with Gasteiger partial charge in [0.05, 0.1) is 4.90 Å². The summed E-state index contributed by atoms with van der Waals surface area (Å²) < 4.78 is 27.0. The van der Waals surface area contributed by atoms with Crippen molar-refractivity contribution in [3.05, 3.63) is 64.7 Å². The highest BCUT2D eigenvalue weighted by atomic mass is 32.2. The van der Waals surface area contributed by atoms with Gasteiger partial charge in [0.1, 0.15) is 0 Å². The van der Waals surface area contributed by atoms with Gasteiger partial charge in [0, 0.05) is 19.5 Å². The van der Waals surface area contributed by atoms with Crippen LogP contribution in [0.25, 0.3) is 0 Å². The molecule has 6 heteroatoms. The van der Waals surface area contributed by atoms with Crippen molar-refractivity contribution >= 4 is 15.9 Å². The molecule has 25 heavy (non-hydrogen) atoms. The van der Waals surface area contributed by atoms with E-state index in [-0.39, 0.29) is 23.8 Å². The monoisotopic (exact) mass is 360 g/mol. The second kappa shape index (κ2) is 8.27. The second-order valence-corrected chi connectivity index (χ2v) is 7.92. The van der Waals surface area contributed by atoms with Crippen LogP contribution in [-0.2, 0) is 21.4 Å². The molecule has 0 spiro atoms. The van der Waals surface area contributed by atoms with Crippen molar-refractivity contribution in [2.24, 2.45) is 0 Å². The minimum Gasteiger partial charge on any atom is -0.352 e. The summed E-state index contributed by atoms with van der Waals surface area (Å²) in [4.78, 5) is 12.1.